The molecule has 3 rings (SSSR count). The molecule has 25 heavy (non-hydrogen) atoms. The maximum atomic E-state index is 13.2. The molecular formula is C19H18FNO4. The monoisotopic (exact) mass is 343 g/mol. The third-order valence-electron chi connectivity index (χ3n) is 4.25. The fraction of sp³-hybridized carbons (Fsp3) is 0.263. The van der Waals surface area contributed by atoms with E-state index in [0.29, 0.717) is 12.2 Å². The highest BCUT2D eigenvalue weighted by Crippen LogP contribution is 2.27. The van der Waals surface area contributed by atoms with Crippen LogP contribution in [0.5, 0.6) is 0 Å². The number of carbonyl (C=O) groups is 2. The van der Waals surface area contributed by atoms with Crippen LogP contribution < -0.4 is 5.32 Å². The SMILES string of the molecule is O=C(O)c1ccc(C(=O)NC(c2ccc(F)cc2)C2CCCO2)cc1. The van der Waals surface area contributed by atoms with E-state index in [1.54, 1.807) is 12.1 Å². The minimum atomic E-state index is -1.05. The summed E-state index contributed by atoms with van der Waals surface area (Å²) < 4.78 is 18.9. The second kappa shape index (κ2) is 7.44. The van der Waals surface area contributed by atoms with Gasteiger partial charge in [-0.05, 0) is 54.8 Å². The highest BCUT2D eigenvalue weighted by molar-refractivity contribution is 5.96. The number of aromatic carboxylic acids is 1. The first-order chi connectivity index (χ1) is 12.0. The summed E-state index contributed by atoms with van der Waals surface area (Å²) in [4.78, 5) is 23.4. The van der Waals surface area contributed by atoms with Gasteiger partial charge in [0.1, 0.15) is 5.82 Å². The van der Waals surface area contributed by atoms with Crippen molar-refractivity contribution in [3.63, 3.8) is 0 Å². The lowest BCUT2D eigenvalue weighted by atomic mass is 9.98. The van der Waals surface area contributed by atoms with Crippen LogP contribution in [-0.4, -0.2) is 29.7 Å². The van der Waals surface area contributed by atoms with Crippen molar-refractivity contribution in [2.45, 2.75) is 25.0 Å². The molecule has 2 aromatic rings. The first kappa shape index (κ1) is 17.1. The zero-order valence-electron chi connectivity index (χ0n) is 13.4. The maximum absolute atomic E-state index is 13.2. The van der Waals surface area contributed by atoms with Crippen molar-refractivity contribution in [2.24, 2.45) is 0 Å². The quantitative estimate of drug-likeness (QED) is 0.874. The topological polar surface area (TPSA) is 75.6 Å². The molecule has 1 amide bonds. The largest absolute Gasteiger partial charge is 0.478 e. The summed E-state index contributed by atoms with van der Waals surface area (Å²) in [7, 11) is 0. The third kappa shape index (κ3) is 4.03. The molecule has 2 unspecified atom stereocenters. The first-order valence-corrected chi connectivity index (χ1v) is 8.06. The highest BCUT2D eigenvalue weighted by atomic mass is 19.1. The molecule has 1 aliphatic rings. The molecule has 1 aliphatic heterocycles. The van der Waals surface area contributed by atoms with Gasteiger partial charge in [-0.15, -0.1) is 0 Å². The van der Waals surface area contributed by atoms with Crippen molar-refractivity contribution in [1.82, 2.24) is 5.32 Å². The van der Waals surface area contributed by atoms with E-state index in [1.165, 1.54) is 36.4 Å². The van der Waals surface area contributed by atoms with E-state index >= 15 is 0 Å². The van der Waals surface area contributed by atoms with E-state index < -0.39 is 12.0 Å². The number of rotatable bonds is 5. The molecule has 0 radical (unpaired) electrons. The van der Waals surface area contributed by atoms with Gasteiger partial charge in [0.2, 0.25) is 0 Å². The van der Waals surface area contributed by atoms with Crippen LogP contribution in [0.15, 0.2) is 48.5 Å². The molecule has 0 spiro atoms. The van der Waals surface area contributed by atoms with E-state index in [4.69, 9.17) is 9.84 Å². The lowest BCUT2D eigenvalue weighted by Gasteiger charge is -2.25. The number of halogens is 1. The van der Waals surface area contributed by atoms with Crippen LogP contribution in [0.25, 0.3) is 0 Å². The zero-order valence-corrected chi connectivity index (χ0v) is 13.4. The Balaban J connectivity index is 1.80. The summed E-state index contributed by atoms with van der Waals surface area (Å²) in [6.07, 6.45) is 1.54. The Morgan fingerprint density at radius 3 is 2.28 bits per heavy atom. The third-order valence-corrected chi connectivity index (χ3v) is 4.25. The van der Waals surface area contributed by atoms with Crippen LogP contribution in [0.3, 0.4) is 0 Å². The summed E-state index contributed by atoms with van der Waals surface area (Å²) in [5.41, 5.74) is 1.24. The summed E-state index contributed by atoms with van der Waals surface area (Å²) in [5, 5.41) is 11.9. The summed E-state index contributed by atoms with van der Waals surface area (Å²) >= 11 is 0. The lowest BCUT2D eigenvalue weighted by molar-refractivity contribution is 0.0671. The van der Waals surface area contributed by atoms with Gasteiger partial charge in [-0.2, -0.15) is 0 Å². The van der Waals surface area contributed by atoms with E-state index in [2.05, 4.69) is 5.32 Å². The van der Waals surface area contributed by atoms with E-state index in [1.807, 2.05) is 0 Å². The Bertz CT molecular complexity index is 752. The van der Waals surface area contributed by atoms with Gasteiger partial charge in [0.05, 0.1) is 17.7 Å². The van der Waals surface area contributed by atoms with Crippen molar-refractivity contribution >= 4 is 11.9 Å². The molecule has 1 heterocycles. The van der Waals surface area contributed by atoms with Crippen LogP contribution in [0, 0.1) is 5.82 Å². The van der Waals surface area contributed by atoms with Gasteiger partial charge >= 0.3 is 5.97 Å². The van der Waals surface area contributed by atoms with Crippen molar-refractivity contribution in [3.05, 3.63) is 71.0 Å². The van der Waals surface area contributed by atoms with Crippen LogP contribution >= 0.6 is 0 Å². The van der Waals surface area contributed by atoms with Gasteiger partial charge < -0.3 is 15.2 Å². The number of nitrogens with one attached hydrogen (secondary N) is 1. The second-order valence-corrected chi connectivity index (χ2v) is 5.94. The predicted octanol–water partition coefficient (Wildman–Crippen LogP) is 3.17. The molecule has 5 nitrogen and oxygen atoms in total. The number of benzene rings is 2. The van der Waals surface area contributed by atoms with E-state index in [-0.39, 0.29) is 23.4 Å². The Morgan fingerprint density at radius 2 is 1.72 bits per heavy atom. The first-order valence-electron chi connectivity index (χ1n) is 8.06. The fourth-order valence-corrected chi connectivity index (χ4v) is 2.92. The van der Waals surface area contributed by atoms with Gasteiger partial charge in [0.25, 0.3) is 5.91 Å². The van der Waals surface area contributed by atoms with Crippen LogP contribution in [0.4, 0.5) is 4.39 Å². The molecular weight excluding hydrogens is 325 g/mol. The molecule has 2 aromatic carbocycles. The molecule has 1 fully saturated rings. The number of carboxylic acids is 1. The van der Waals surface area contributed by atoms with Gasteiger partial charge in [-0.25, -0.2) is 9.18 Å². The molecule has 130 valence electrons. The van der Waals surface area contributed by atoms with Crippen LogP contribution in [0.1, 0.15) is 45.2 Å². The summed E-state index contributed by atoms with van der Waals surface area (Å²) in [6, 6.07) is 11.3. The number of amides is 1. The van der Waals surface area contributed by atoms with Gasteiger partial charge in [0.15, 0.2) is 0 Å². The van der Waals surface area contributed by atoms with Crippen LogP contribution in [0.2, 0.25) is 0 Å². The van der Waals surface area contributed by atoms with Crippen LogP contribution in [-0.2, 0) is 4.74 Å². The molecule has 1 saturated heterocycles. The van der Waals surface area contributed by atoms with Crippen molar-refractivity contribution in [3.8, 4) is 0 Å². The van der Waals surface area contributed by atoms with Crippen molar-refractivity contribution in [2.75, 3.05) is 6.61 Å². The predicted molar refractivity (Wildman–Crippen MR) is 89.0 cm³/mol. The van der Waals surface area contributed by atoms with Gasteiger partial charge in [-0.1, -0.05) is 12.1 Å². The Kier molecular flexibility index (Phi) is 5.09. The molecule has 6 heteroatoms. The molecule has 2 atom stereocenters. The number of hydrogen-bond donors (Lipinski definition) is 2. The molecule has 2 N–H and O–H groups in total. The fourth-order valence-electron chi connectivity index (χ4n) is 2.92. The lowest BCUT2D eigenvalue weighted by Crippen LogP contribution is -2.36. The average molecular weight is 343 g/mol. The molecule has 0 aromatic heterocycles. The summed E-state index contributed by atoms with van der Waals surface area (Å²) in [6.45, 7) is 0.630. The minimum Gasteiger partial charge on any atom is -0.478 e. The van der Waals surface area contributed by atoms with E-state index in [0.717, 1.165) is 18.4 Å². The number of carbonyl (C=O) groups excluding carboxylic acids is 1. The Hall–Kier alpha value is -2.73. The number of ether oxygens (including phenoxy) is 1. The molecule has 0 bridgehead atoms. The van der Waals surface area contributed by atoms with Gasteiger partial charge in [0, 0.05) is 12.2 Å². The molecule has 0 aliphatic carbocycles. The standard InChI is InChI=1S/C19H18FNO4/c20-15-9-7-12(8-10-15)17(16-2-1-11-25-16)21-18(22)13-3-5-14(6-4-13)19(23)24/h3-10,16-17H,1-2,11H2,(H,21,22)(H,23,24). The summed E-state index contributed by atoms with van der Waals surface area (Å²) in [5.74, 6) is -1.72. The maximum Gasteiger partial charge on any atom is 0.335 e. The average Bonchev–Trinajstić information content (AvgIpc) is 3.15. The van der Waals surface area contributed by atoms with Gasteiger partial charge in [-0.3, -0.25) is 4.79 Å². The minimum absolute atomic E-state index is 0.116. The smallest absolute Gasteiger partial charge is 0.335 e. The Labute approximate surface area is 144 Å². The second-order valence-electron chi connectivity index (χ2n) is 5.94. The Morgan fingerprint density at radius 1 is 1.08 bits per heavy atom. The zero-order chi connectivity index (χ0) is 17.8. The number of carboxylic acid groups (broad SMARTS) is 1. The van der Waals surface area contributed by atoms with Crippen molar-refractivity contribution < 1.29 is 23.8 Å². The van der Waals surface area contributed by atoms with Crippen molar-refractivity contribution in [1.29, 1.82) is 0 Å². The highest BCUT2D eigenvalue weighted by Gasteiger charge is 2.29. The molecule has 0 saturated carbocycles. The van der Waals surface area contributed by atoms with E-state index in [9.17, 15) is 14.0 Å². The normalized spacial score (nSPS) is 17.9. The number of hydrogen-bond acceptors (Lipinski definition) is 3.